The van der Waals surface area contributed by atoms with Gasteiger partial charge in [-0.15, -0.1) is 0 Å². The number of nitrogens with zero attached hydrogens (tertiary/aromatic N) is 3. The lowest BCUT2D eigenvalue weighted by atomic mass is 9.99. The van der Waals surface area contributed by atoms with E-state index in [2.05, 4.69) is 20.6 Å². The lowest BCUT2D eigenvalue weighted by Crippen LogP contribution is -2.52. The zero-order chi connectivity index (χ0) is 30.7. The van der Waals surface area contributed by atoms with Crippen molar-refractivity contribution in [2.24, 2.45) is 0 Å². The second-order valence-electron chi connectivity index (χ2n) is 12.4. The lowest BCUT2D eigenvalue weighted by Gasteiger charge is -2.37. The first kappa shape index (κ1) is 31.0. The Kier molecular flexibility index (Phi) is 9.22. The maximum Gasteiger partial charge on any atom is 0.412 e. The van der Waals surface area contributed by atoms with Crippen LogP contribution in [0.25, 0.3) is 21.9 Å². The van der Waals surface area contributed by atoms with Gasteiger partial charge in [0.15, 0.2) is 0 Å². The molecule has 4 rings (SSSR count). The highest BCUT2D eigenvalue weighted by atomic mass is 16.6. The van der Waals surface area contributed by atoms with Gasteiger partial charge >= 0.3 is 12.2 Å². The molecular formula is C31H41N5O6. The van der Waals surface area contributed by atoms with Gasteiger partial charge in [-0.1, -0.05) is 0 Å². The summed E-state index contributed by atoms with van der Waals surface area (Å²) in [6, 6.07) is 7.20. The van der Waals surface area contributed by atoms with Crippen molar-refractivity contribution in [3.8, 4) is 11.1 Å². The molecule has 1 saturated heterocycles. The minimum absolute atomic E-state index is 0.208. The van der Waals surface area contributed by atoms with Crippen molar-refractivity contribution in [3.05, 3.63) is 48.4 Å². The number of carbonyl (C=O) groups is 2. The number of aliphatic hydroxyl groups excluding tert-OH is 1. The predicted molar refractivity (Wildman–Crippen MR) is 161 cm³/mol. The van der Waals surface area contributed by atoms with E-state index in [0.717, 1.165) is 22.1 Å². The van der Waals surface area contributed by atoms with Crippen LogP contribution in [0.5, 0.6) is 0 Å². The number of aryl methyl sites for hydroxylation is 1. The normalized spacial score (nSPS) is 16.6. The predicted octanol–water partition coefficient (Wildman–Crippen LogP) is 5.71. The third-order valence-corrected chi connectivity index (χ3v) is 6.49. The zero-order valence-electron chi connectivity index (χ0n) is 25.4. The average Bonchev–Trinajstić information content (AvgIpc) is 2.86. The number of rotatable bonds is 6. The fraction of sp³-hybridized carbons (Fsp3) is 0.484. The summed E-state index contributed by atoms with van der Waals surface area (Å²) in [6.07, 6.45) is 3.32. The van der Waals surface area contributed by atoms with Gasteiger partial charge in [0.25, 0.3) is 0 Å². The number of benzene rings is 1. The summed E-state index contributed by atoms with van der Waals surface area (Å²) in [6.45, 7) is 13.9. The highest BCUT2D eigenvalue weighted by molar-refractivity contribution is 6.03. The molecule has 0 bridgehead atoms. The van der Waals surface area contributed by atoms with E-state index in [1.54, 1.807) is 50.3 Å². The molecule has 1 fully saturated rings. The van der Waals surface area contributed by atoms with Crippen molar-refractivity contribution in [1.82, 2.24) is 14.9 Å². The molecule has 0 radical (unpaired) electrons. The smallest absolute Gasteiger partial charge is 0.412 e. The first-order chi connectivity index (χ1) is 19.7. The number of nitrogens with one attached hydrogen (secondary N) is 2. The molecule has 1 aliphatic rings. The summed E-state index contributed by atoms with van der Waals surface area (Å²) in [5.41, 5.74) is 2.04. The molecule has 1 aromatic carbocycles. The highest BCUT2D eigenvalue weighted by Gasteiger charge is 2.32. The molecule has 3 N–H and O–H groups in total. The number of carbonyl (C=O) groups excluding carboxylic acids is 2. The monoisotopic (exact) mass is 579 g/mol. The van der Waals surface area contributed by atoms with Crippen LogP contribution in [0.4, 0.5) is 21.1 Å². The minimum atomic E-state index is -1.02. The van der Waals surface area contributed by atoms with Crippen molar-refractivity contribution in [2.45, 2.75) is 78.4 Å². The van der Waals surface area contributed by atoms with Gasteiger partial charge < -0.3 is 29.5 Å². The van der Waals surface area contributed by atoms with Crippen LogP contribution < -0.4 is 10.6 Å². The molecule has 2 unspecified atom stereocenters. The molecule has 11 heteroatoms. The van der Waals surface area contributed by atoms with Crippen LogP contribution in [0, 0.1) is 6.92 Å². The van der Waals surface area contributed by atoms with E-state index in [0.29, 0.717) is 30.0 Å². The summed E-state index contributed by atoms with van der Waals surface area (Å²) in [4.78, 5) is 35.8. The first-order valence-corrected chi connectivity index (χ1v) is 14.1. The van der Waals surface area contributed by atoms with Gasteiger partial charge in [-0.2, -0.15) is 0 Å². The molecule has 0 saturated carbocycles. The number of aromatic nitrogens is 2. The van der Waals surface area contributed by atoms with Gasteiger partial charge in [0.05, 0.1) is 24.9 Å². The molecule has 3 aromatic rings. The number of anilines is 2. The molecule has 11 nitrogen and oxygen atoms in total. The van der Waals surface area contributed by atoms with E-state index >= 15 is 0 Å². The van der Waals surface area contributed by atoms with E-state index in [1.165, 1.54) is 0 Å². The molecule has 42 heavy (non-hydrogen) atoms. The number of fused-ring (bicyclic) bond motifs is 1. The summed E-state index contributed by atoms with van der Waals surface area (Å²) in [7, 11) is 0. The van der Waals surface area contributed by atoms with Gasteiger partial charge in [0, 0.05) is 42.5 Å². The standard InChI is InChI=1S/C31H41N5O6/c1-19-8-9-32-16-23(19)20-12-21-14-26(33-17-24(21)25(13-20)34-28(38)41-30(2,3)4)35-27(37)15-22-18-40-11-10-36(22)29(39)42-31(5,6)7/h8-9,12-14,16-17,22,27,37H,10-11,15,18H2,1-7H3,(H,33,35)(H,34,38). The summed E-state index contributed by atoms with van der Waals surface area (Å²) < 4.78 is 16.6. The molecule has 0 aliphatic carbocycles. The third kappa shape index (κ3) is 8.29. The minimum Gasteiger partial charge on any atom is -0.444 e. The number of morpholine rings is 1. The zero-order valence-corrected chi connectivity index (χ0v) is 25.4. The average molecular weight is 580 g/mol. The van der Waals surface area contributed by atoms with E-state index in [1.807, 2.05) is 45.9 Å². The number of ether oxygens (including phenoxy) is 3. The largest absolute Gasteiger partial charge is 0.444 e. The highest BCUT2D eigenvalue weighted by Crippen LogP contribution is 2.33. The fourth-order valence-corrected chi connectivity index (χ4v) is 4.67. The Hall–Kier alpha value is -3.96. The van der Waals surface area contributed by atoms with Crippen molar-refractivity contribution in [1.29, 1.82) is 0 Å². The number of hydrogen-bond acceptors (Lipinski definition) is 9. The van der Waals surface area contributed by atoms with Crippen molar-refractivity contribution < 1.29 is 28.9 Å². The first-order valence-electron chi connectivity index (χ1n) is 14.1. The second-order valence-corrected chi connectivity index (χ2v) is 12.4. The molecule has 2 atom stereocenters. The Morgan fingerprint density at radius 2 is 1.86 bits per heavy atom. The lowest BCUT2D eigenvalue weighted by molar-refractivity contribution is -0.0410. The number of pyridine rings is 2. The van der Waals surface area contributed by atoms with Crippen LogP contribution in [0.15, 0.2) is 42.9 Å². The van der Waals surface area contributed by atoms with Crippen LogP contribution in [-0.2, 0) is 14.2 Å². The third-order valence-electron chi connectivity index (χ3n) is 6.49. The SMILES string of the molecule is Cc1ccncc1-c1cc(NC(=O)OC(C)(C)C)c2cnc(NC(O)CC3COCCN3C(=O)OC(C)(C)C)cc2c1. The Morgan fingerprint density at radius 3 is 2.55 bits per heavy atom. The van der Waals surface area contributed by atoms with Gasteiger partial charge in [-0.05, 0) is 89.2 Å². The van der Waals surface area contributed by atoms with Gasteiger partial charge in [0.1, 0.15) is 23.2 Å². The van der Waals surface area contributed by atoms with Crippen LogP contribution >= 0.6 is 0 Å². The van der Waals surface area contributed by atoms with E-state index in [-0.39, 0.29) is 19.1 Å². The molecule has 3 heterocycles. The summed E-state index contributed by atoms with van der Waals surface area (Å²) in [5, 5.41) is 18.3. The molecule has 226 valence electrons. The Morgan fingerprint density at radius 1 is 1.12 bits per heavy atom. The fourth-order valence-electron chi connectivity index (χ4n) is 4.67. The van der Waals surface area contributed by atoms with E-state index in [9.17, 15) is 14.7 Å². The number of hydrogen-bond donors (Lipinski definition) is 3. The molecule has 2 aromatic heterocycles. The topological polar surface area (TPSA) is 135 Å². The van der Waals surface area contributed by atoms with E-state index < -0.39 is 29.6 Å². The maximum absolute atomic E-state index is 12.8. The van der Waals surface area contributed by atoms with E-state index in [4.69, 9.17) is 14.2 Å². The Balaban J connectivity index is 1.59. The summed E-state index contributed by atoms with van der Waals surface area (Å²) >= 11 is 0. The van der Waals surface area contributed by atoms with Gasteiger partial charge in [-0.25, -0.2) is 14.6 Å². The molecule has 2 amide bonds. The quantitative estimate of drug-likeness (QED) is 0.314. The van der Waals surface area contributed by atoms with Gasteiger partial charge in [0.2, 0.25) is 0 Å². The van der Waals surface area contributed by atoms with Crippen molar-refractivity contribution in [3.63, 3.8) is 0 Å². The summed E-state index contributed by atoms with van der Waals surface area (Å²) in [5.74, 6) is 0.429. The van der Waals surface area contributed by atoms with Crippen LogP contribution in [-0.4, -0.2) is 75.4 Å². The maximum atomic E-state index is 12.8. The number of aliphatic hydroxyl groups is 1. The van der Waals surface area contributed by atoms with Crippen LogP contribution in [0.1, 0.15) is 53.5 Å². The van der Waals surface area contributed by atoms with Crippen molar-refractivity contribution >= 4 is 34.5 Å². The van der Waals surface area contributed by atoms with Gasteiger partial charge in [-0.3, -0.25) is 10.3 Å². The van der Waals surface area contributed by atoms with Crippen molar-refractivity contribution in [2.75, 3.05) is 30.4 Å². The molecule has 1 aliphatic heterocycles. The van der Waals surface area contributed by atoms with Crippen LogP contribution in [0.2, 0.25) is 0 Å². The molecular weight excluding hydrogens is 538 g/mol. The number of amides is 2. The van der Waals surface area contributed by atoms with Crippen LogP contribution in [0.3, 0.4) is 0 Å². The second kappa shape index (κ2) is 12.5. The molecule has 0 spiro atoms. The Labute approximate surface area is 246 Å². The Bertz CT molecular complexity index is 1430.